The maximum atomic E-state index is 13.2. The second kappa shape index (κ2) is 4.57. The first-order chi connectivity index (χ1) is 7.66. The minimum Gasteiger partial charge on any atom is -0.323 e. The SMILES string of the molecule is O=C(Nc1ccc(F)cc1F)C1CCNC1. The second-order valence-corrected chi connectivity index (χ2v) is 3.80. The maximum absolute atomic E-state index is 13.2. The third-order valence-electron chi connectivity index (χ3n) is 2.62. The van der Waals surface area contributed by atoms with E-state index < -0.39 is 11.6 Å². The molecule has 0 radical (unpaired) electrons. The van der Waals surface area contributed by atoms with Gasteiger partial charge in [0.05, 0.1) is 11.6 Å². The van der Waals surface area contributed by atoms with Crippen molar-refractivity contribution in [2.75, 3.05) is 18.4 Å². The van der Waals surface area contributed by atoms with Gasteiger partial charge in [-0.05, 0) is 25.1 Å². The first-order valence-corrected chi connectivity index (χ1v) is 5.13. The third-order valence-corrected chi connectivity index (χ3v) is 2.62. The molecule has 1 aromatic carbocycles. The molecule has 0 bridgehead atoms. The van der Waals surface area contributed by atoms with E-state index in [9.17, 15) is 13.6 Å². The van der Waals surface area contributed by atoms with Gasteiger partial charge >= 0.3 is 0 Å². The molecular weight excluding hydrogens is 214 g/mol. The van der Waals surface area contributed by atoms with Gasteiger partial charge in [-0.1, -0.05) is 0 Å². The highest BCUT2D eigenvalue weighted by atomic mass is 19.1. The molecule has 1 aliphatic rings. The minimum absolute atomic E-state index is 0.0262. The Morgan fingerprint density at radius 1 is 1.44 bits per heavy atom. The molecule has 0 aliphatic carbocycles. The lowest BCUT2D eigenvalue weighted by atomic mass is 10.1. The maximum Gasteiger partial charge on any atom is 0.228 e. The van der Waals surface area contributed by atoms with Crippen molar-refractivity contribution in [3.05, 3.63) is 29.8 Å². The molecule has 1 unspecified atom stereocenters. The molecule has 0 saturated carbocycles. The number of rotatable bonds is 2. The lowest BCUT2D eigenvalue weighted by molar-refractivity contribution is -0.119. The van der Waals surface area contributed by atoms with Crippen LogP contribution in [0.3, 0.4) is 0 Å². The number of hydrogen-bond donors (Lipinski definition) is 2. The zero-order chi connectivity index (χ0) is 11.5. The van der Waals surface area contributed by atoms with Crippen molar-refractivity contribution in [3.63, 3.8) is 0 Å². The van der Waals surface area contributed by atoms with E-state index in [0.717, 1.165) is 25.1 Å². The number of anilines is 1. The summed E-state index contributed by atoms with van der Waals surface area (Å²) in [5.41, 5.74) is 0.0262. The van der Waals surface area contributed by atoms with Gasteiger partial charge in [0.2, 0.25) is 5.91 Å². The summed E-state index contributed by atoms with van der Waals surface area (Å²) < 4.78 is 25.9. The number of halogens is 2. The quantitative estimate of drug-likeness (QED) is 0.802. The van der Waals surface area contributed by atoms with Crippen LogP contribution < -0.4 is 10.6 Å². The molecule has 16 heavy (non-hydrogen) atoms. The van der Waals surface area contributed by atoms with Crippen LogP contribution in [-0.4, -0.2) is 19.0 Å². The molecule has 0 spiro atoms. The fourth-order valence-electron chi connectivity index (χ4n) is 1.70. The molecule has 5 heteroatoms. The molecule has 0 aromatic heterocycles. The van der Waals surface area contributed by atoms with Crippen LogP contribution in [0.2, 0.25) is 0 Å². The Morgan fingerprint density at radius 2 is 2.25 bits per heavy atom. The summed E-state index contributed by atoms with van der Waals surface area (Å²) in [5, 5.41) is 5.51. The fourth-order valence-corrected chi connectivity index (χ4v) is 1.70. The van der Waals surface area contributed by atoms with Gasteiger partial charge in [-0.15, -0.1) is 0 Å². The number of benzene rings is 1. The summed E-state index contributed by atoms with van der Waals surface area (Å²) in [4.78, 5) is 11.6. The van der Waals surface area contributed by atoms with Gasteiger partial charge in [0, 0.05) is 12.6 Å². The molecule has 1 amide bonds. The van der Waals surface area contributed by atoms with Crippen LogP contribution in [0.5, 0.6) is 0 Å². The highest BCUT2D eigenvalue weighted by Gasteiger charge is 2.22. The highest BCUT2D eigenvalue weighted by molar-refractivity contribution is 5.93. The van der Waals surface area contributed by atoms with Crippen LogP contribution in [0.15, 0.2) is 18.2 Å². The fraction of sp³-hybridized carbons (Fsp3) is 0.364. The number of amides is 1. The van der Waals surface area contributed by atoms with Crippen LogP contribution >= 0.6 is 0 Å². The molecule has 1 saturated heterocycles. The molecule has 1 aromatic rings. The van der Waals surface area contributed by atoms with Gasteiger partial charge in [0.25, 0.3) is 0 Å². The molecule has 2 rings (SSSR count). The summed E-state index contributed by atoms with van der Waals surface area (Å²) >= 11 is 0. The van der Waals surface area contributed by atoms with Crippen molar-refractivity contribution in [2.45, 2.75) is 6.42 Å². The number of carbonyl (C=O) groups excluding carboxylic acids is 1. The first-order valence-electron chi connectivity index (χ1n) is 5.13. The van der Waals surface area contributed by atoms with Gasteiger partial charge < -0.3 is 10.6 Å². The lowest BCUT2D eigenvalue weighted by Crippen LogP contribution is -2.25. The number of hydrogen-bond acceptors (Lipinski definition) is 2. The summed E-state index contributed by atoms with van der Waals surface area (Å²) in [6.07, 6.45) is 0.745. The van der Waals surface area contributed by atoms with E-state index >= 15 is 0 Å². The minimum atomic E-state index is -0.751. The molecular formula is C11H12F2N2O. The third kappa shape index (κ3) is 2.36. The van der Waals surface area contributed by atoms with E-state index in [1.54, 1.807) is 0 Å². The molecule has 1 atom stereocenters. The normalized spacial score (nSPS) is 19.8. The van der Waals surface area contributed by atoms with E-state index in [4.69, 9.17) is 0 Å². The van der Waals surface area contributed by atoms with Crippen molar-refractivity contribution in [1.82, 2.24) is 5.32 Å². The second-order valence-electron chi connectivity index (χ2n) is 3.80. The summed E-state index contributed by atoms with van der Waals surface area (Å²) in [6.45, 7) is 1.40. The Labute approximate surface area is 91.8 Å². The topological polar surface area (TPSA) is 41.1 Å². The van der Waals surface area contributed by atoms with E-state index in [2.05, 4.69) is 10.6 Å². The largest absolute Gasteiger partial charge is 0.323 e. The van der Waals surface area contributed by atoms with E-state index in [1.807, 2.05) is 0 Å². The lowest BCUT2D eigenvalue weighted by Gasteiger charge is -2.10. The van der Waals surface area contributed by atoms with Crippen LogP contribution in [-0.2, 0) is 4.79 Å². The molecule has 1 heterocycles. The van der Waals surface area contributed by atoms with Crippen molar-refractivity contribution < 1.29 is 13.6 Å². The molecule has 3 nitrogen and oxygen atoms in total. The number of nitrogens with one attached hydrogen (secondary N) is 2. The van der Waals surface area contributed by atoms with Crippen LogP contribution in [0.4, 0.5) is 14.5 Å². The Hall–Kier alpha value is -1.49. The average Bonchev–Trinajstić information content (AvgIpc) is 2.75. The van der Waals surface area contributed by atoms with Gasteiger partial charge in [0.15, 0.2) is 0 Å². The Bertz CT molecular complexity index is 403. The molecule has 1 aliphatic heterocycles. The van der Waals surface area contributed by atoms with Crippen LogP contribution in [0, 0.1) is 17.6 Å². The summed E-state index contributed by atoms with van der Waals surface area (Å²) in [6, 6.07) is 3.10. The van der Waals surface area contributed by atoms with E-state index in [1.165, 1.54) is 6.07 Å². The van der Waals surface area contributed by atoms with Gasteiger partial charge in [-0.3, -0.25) is 4.79 Å². The zero-order valence-electron chi connectivity index (χ0n) is 8.59. The molecule has 1 fully saturated rings. The van der Waals surface area contributed by atoms with Gasteiger partial charge in [-0.2, -0.15) is 0 Å². The monoisotopic (exact) mass is 226 g/mol. The zero-order valence-corrected chi connectivity index (χ0v) is 8.59. The predicted octanol–water partition coefficient (Wildman–Crippen LogP) is 1.51. The van der Waals surface area contributed by atoms with Gasteiger partial charge in [0.1, 0.15) is 11.6 Å². The van der Waals surface area contributed by atoms with Crippen molar-refractivity contribution in [3.8, 4) is 0 Å². The smallest absolute Gasteiger partial charge is 0.228 e. The van der Waals surface area contributed by atoms with Crippen LogP contribution in [0.25, 0.3) is 0 Å². The van der Waals surface area contributed by atoms with E-state index in [0.29, 0.717) is 6.54 Å². The molecule has 2 N–H and O–H groups in total. The van der Waals surface area contributed by atoms with Crippen molar-refractivity contribution in [1.29, 1.82) is 0 Å². The van der Waals surface area contributed by atoms with Crippen LogP contribution in [0.1, 0.15) is 6.42 Å². The Morgan fingerprint density at radius 3 is 2.88 bits per heavy atom. The van der Waals surface area contributed by atoms with Gasteiger partial charge in [-0.25, -0.2) is 8.78 Å². The van der Waals surface area contributed by atoms with Crippen molar-refractivity contribution >= 4 is 11.6 Å². The summed E-state index contributed by atoms with van der Waals surface area (Å²) in [5.74, 6) is -1.77. The summed E-state index contributed by atoms with van der Waals surface area (Å²) in [7, 11) is 0. The highest BCUT2D eigenvalue weighted by Crippen LogP contribution is 2.17. The first kappa shape index (κ1) is 11.0. The number of carbonyl (C=O) groups is 1. The standard InChI is InChI=1S/C11H12F2N2O/c12-8-1-2-10(9(13)5-8)15-11(16)7-3-4-14-6-7/h1-2,5,7,14H,3-4,6H2,(H,15,16). The Kier molecular flexibility index (Phi) is 3.14. The van der Waals surface area contributed by atoms with Crippen molar-refractivity contribution in [2.24, 2.45) is 5.92 Å². The average molecular weight is 226 g/mol. The Balaban J connectivity index is 2.05. The van der Waals surface area contributed by atoms with E-state index in [-0.39, 0.29) is 17.5 Å². The molecule has 86 valence electrons. The predicted molar refractivity (Wildman–Crippen MR) is 56.0 cm³/mol.